The summed E-state index contributed by atoms with van der Waals surface area (Å²) in [5.41, 5.74) is 2.88. The highest BCUT2D eigenvalue weighted by Gasteiger charge is 2.18. The highest BCUT2D eigenvalue weighted by atomic mass is 79.9. The number of fused-ring (bicyclic) bond motifs is 1. The summed E-state index contributed by atoms with van der Waals surface area (Å²) < 4.78 is 5.22. The molecule has 0 fully saturated rings. The van der Waals surface area contributed by atoms with Gasteiger partial charge in [-0.1, -0.05) is 34.5 Å². The zero-order chi connectivity index (χ0) is 13.9. The first kappa shape index (κ1) is 14.2. The van der Waals surface area contributed by atoms with E-state index in [0.717, 1.165) is 5.75 Å². The number of ether oxygens (including phenoxy) is 1. The molecule has 0 spiro atoms. The van der Waals surface area contributed by atoms with Crippen LogP contribution in [0.25, 0.3) is 0 Å². The SMILES string of the molecule is COc1ccc(C(Br)c2cc3c(s2)CCCCC3)cc1. The second-order valence-corrected chi connectivity index (χ2v) is 7.38. The van der Waals surface area contributed by atoms with Gasteiger partial charge in [0, 0.05) is 9.75 Å². The van der Waals surface area contributed by atoms with E-state index in [1.54, 1.807) is 17.6 Å². The van der Waals surface area contributed by atoms with Gasteiger partial charge in [0.15, 0.2) is 0 Å². The zero-order valence-corrected chi connectivity index (χ0v) is 14.1. The first-order valence-corrected chi connectivity index (χ1v) is 8.90. The van der Waals surface area contributed by atoms with E-state index in [1.165, 1.54) is 42.5 Å². The van der Waals surface area contributed by atoms with Gasteiger partial charge >= 0.3 is 0 Å². The summed E-state index contributed by atoms with van der Waals surface area (Å²) in [4.78, 5) is 3.34. The van der Waals surface area contributed by atoms with Crippen LogP contribution < -0.4 is 4.74 Å². The van der Waals surface area contributed by atoms with Gasteiger partial charge in [0.1, 0.15) is 5.75 Å². The lowest BCUT2D eigenvalue weighted by molar-refractivity contribution is 0.414. The topological polar surface area (TPSA) is 9.23 Å². The molecule has 106 valence electrons. The number of thiophene rings is 1. The van der Waals surface area contributed by atoms with Crippen molar-refractivity contribution in [2.24, 2.45) is 0 Å². The van der Waals surface area contributed by atoms with Gasteiger partial charge in [-0.25, -0.2) is 0 Å². The number of hydrogen-bond donors (Lipinski definition) is 0. The lowest BCUT2D eigenvalue weighted by Gasteiger charge is -2.09. The summed E-state index contributed by atoms with van der Waals surface area (Å²) in [5.74, 6) is 0.912. The molecule has 1 atom stereocenters. The number of hydrogen-bond acceptors (Lipinski definition) is 2. The average Bonchev–Trinajstić information content (AvgIpc) is 2.77. The Morgan fingerprint density at radius 3 is 2.60 bits per heavy atom. The van der Waals surface area contributed by atoms with Crippen LogP contribution in [0.1, 0.15) is 45.0 Å². The minimum Gasteiger partial charge on any atom is -0.497 e. The molecule has 1 aliphatic rings. The van der Waals surface area contributed by atoms with Crippen LogP contribution in [0.5, 0.6) is 5.75 Å². The molecule has 0 radical (unpaired) electrons. The molecule has 0 N–H and O–H groups in total. The van der Waals surface area contributed by atoms with Crippen molar-refractivity contribution < 1.29 is 4.74 Å². The predicted molar refractivity (Wildman–Crippen MR) is 89.3 cm³/mol. The molecule has 3 rings (SSSR count). The highest BCUT2D eigenvalue weighted by molar-refractivity contribution is 9.09. The molecule has 1 unspecified atom stereocenters. The molecule has 0 saturated carbocycles. The van der Waals surface area contributed by atoms with Crippen molar-refractivity contribution in [3.8, 4) is 5.75 Å². The molecular weight excluding hydrogens is 332 g/mol. The van der Waals surface area contributed by atoms with Gasteiger partial charge in [-0.15, -0.1) is 11.3 Å². The Balaban J connectivity index is 1.84. The Labute approximate surface area is 133 Å². The predicted octanol–water partition coefficient (Wildman–Crippen LogP) is 5.51. The second kappa shape index (κ2) is 6.31. The number of halogens is 1. The fourth-order valence-corrected chi connectivity index (χ4v) is 4.73. The van der Waals surface area contributed by atoms with Crippen LogP contribution >= 0.6 is 27.3 Å². The lowest BCUT2D eigenvalue weighted by Crippen LogP contribution is -1.90. The van der Waals surface area contributed by atoms with Crippen LogP contribution in [0.4, 0.5) is 0 Å². The third-order valence-electron chi connectivity index (χ3n) is 3.92. The van der Waals surface area contributed by atoms with Crippen LogP contribution in [0.2, 0.25) is 0 Å². The summed E-state index contributed by atoms with van der Waals surface area (Å²) in [6.07, 6.45) is 6.60. The van der Waals surface area contributed by atoms with Crippen molar-refractivity contribution in [3.05, 3.63) is 51.2 Å². The van der Waals surface area contributed by atoms with Crippen molar-refractivity contribution in [1.29, 1.82) is 0 Å². The van der Waals surface area contributed by atoms with Crippen molar-refractivity contribution in [2.75, 3.05) is 7.11 Å². The van der Waals surface area contributed by atoms with E-state index < -0.39 is 0 Å². The fraction of sp³-hybridized carbons (Fsp3) is 0.412. The summed E-state index contributed by atoms with van der Waals surface area (Å²) in [6, 6.07) is 10.8. The van der Waals surface area contributed by atoms with Crippen molar-refractivity contribution in [3.63, 3.8) is 0 Å². The van der Waals surface area contributed by atoms with E-state index in [0.29, 0.717) is 4.83 Å². The van der Waals surface area contributed by atoms with E-state index >= 15 is 0 Å². The Morgan fingerprint density at radius 1 is 1.10 bits per heavy atom. The van der Waals surface area contributed by atoms with E-state index in [9.17, 15) is 0 Å². The Kier molecular flexibility index (Phi) is 4.47. The summed E-state index contributed by atoms with van der Waals surface area (Å²) in [7, 11) is 1.71. The van der Waals surface area contributed by atoms with Gasteiger partial charge in [0.2, 0.25) is 0 Å². The van der Waals surface area contributed by atoms with Crippen LogP contribution in [0, 0.1) is 0 Å². The van der Waals surface area contributed by atoms with Gasteiger partial charge < -0.3 is 4.74 Å². The number of methoxy groups -OCH3 is 1. The van der Waals surface area contributed by atoms with Crippen LogP contribution in [-0.4, -0.2) is 7.11 Å². The third-order valence-corrected chi connectivity index (χ3v) is 6.55. The number of benzene rings is 1. The number of alkyl halides is 1. The third kappa shape index (κ3) is 2.94. The molecule has 1 aromatic carbocycles. The molecule has 1 heterocycles. The van der Waals surface area contributed by atoms with Crippen molar-refractivity contribution in [2.45, 2.75) is 36.9 Å². The molecule has 1 aromatic heterocycles. The number of aryl methyl sites for hydroxylation is 2. The van der Waals surface area contributed by atoms with E-state index in [4.69, 9.17) is 4.74 Å². The molecule has 3 heteroatoms. The van der Waals surface area contributed by atoms with E-state index in [1.807, 2.05) is 23.5 Å². The minimum atomic E-state index is 0.297. The fourth-order valence-electron chi connectivity index (χ4n) is 2.75. The number of rotatable bonds is 3. The van der Waals surface area contributed by atoms with E-state index in [2.05, 4.69) is 34.1 Å². The molecule has 0 amide bonds. The van der Waals surface area contributed by atoms with Crippen molar-refractivity contribution >= 4 is 27.3 Å². The monoisotopic (exact) mass is 350 g/mol. The highest BCUT2D eigenvalue weighted by Crippen LogP contribution is 2.39. The zero-order valence-electron chi connectivity index (χ0n) is 11.7. The molecule has 1 nitrogen and oxygen atoms in total. The molecular formula is C17H19BrOS. The minimum absolute atomic E-state index is 0.297. The molecule has 0 aliphatic heterocycles. The maximum absolute atomic E-state index is 5.22. The summed E-state index contributed by atoms with van der Waals surface area (Å²) in [5, 5.41) is 0. The first-order chi connectivity index (χ1) is 9.78. The van der Waals surface area contributed by atoms with Crippen LogP contribution in [0.3, 0.4) is 0 Å². The standard InChI is InChI=1S/C17H19BrOS/c1-19-14-9-7-12(8-10-14)17(18)16-11-13-5-3-2-4-6-15(13)20-16/h7-11,17H,2-6H2,1H3. The summed E-state index contributed by atoms with van der Waals surface area (Å²) in [6.45, 7) is 0. The molecule has 1 aliphatic carbocycles. The van der Waals surface area contributed by atoms with Gasteiger partial charge in [-0.3, -0.25) is 0 Å². The Morgan fingerprint density at radius 2 is 1.85 bits per heavy atom. The Bertz CT molecular complexity index is 550. The van der Waals surface area contributed by atoms with Gasteiger partial charge in [0.25, 0.3) is 0 Å². The largest absolute Gasteiger partial charge is 0.497 e. The maximum atomic E-state index is 5.22. The smallest absolute Gasteiger partial charge is 0.118 e. The lowest BCUT2D eigenvalue weighted by atomic mass is 10.1. The first-order valence-electron chi connectivity index (χ1n) is 7.17. The normalized spacial score (nSPS) is 16.3. The Hall–Kier alpha value is -0.800. The molecule has 0 saturated heterocycles. The van der Waals surface area contributed by atoms with Gasteiger partial charge in [0.05, 0.1) is 11.9 Å². The maximum Gasteiger partial charge on any atom is 0.118 e. The molecule has 2 aromatic rings. The van der Waals surface area contributed by atoms with Crippen molar-refractivity contribution in [1.82, 2.24) is 0 Å². The van der Waals surface area contributed by atoms with E-state index in [-0.39, 0.29) is 0 Å². The van der Waals surface area contributed by atoms with Crippen LogP contribution in [0.15, 0.2) is 30.3 Å². The molecule has 20 heavy (non-hydrogen) atoms. The molecule has 0 bridgehead atoms. The van der Waals surface area contributed by atoms with Crippen LogP contribution in [-0.2, 0) is 12.8 Å². The average molecular weight is 351 g/mol. The second-order valence-electron chi connectivity index (χ2n) is 5.29. The van der Waals surface area contributed by atoms with Gasteiger partial charge in [-0.2, -0.15) is 0 Å². The quantitative estimate of drug-likeness (QED) is 0.523. The summed E-state index contributed by atoms with van der Waals surface area (Å²) >= 11 is 5.84. The van der Waals surface area contributed by atoms with Gasteiger partial charge in [-0.05, 0) is 55.0 Å².